The maximum absolute atomic E-state index is 13.1. The highest BCUT2D eigenvalue weighted by molar-refractivity contribution is 7.91. The van der Waals surface area contributed by atoms with Crippen molar-refractivity contribution in [2.24, 2.45) is 5.73 Å². The second-order valence-corrected chi connectivity index (χ2v) is 4.81. The molecule has 0 bridgehead atoms. The topological polar surface area (TPSA) is 111 Å². The van der Waals surface area contributed by atoms with E-state index in [0.717, 1.165) is 19.2 Å². The molecule has 1 aromatic rings. The molecular formula is C11H12FN3O4S. The molecule has 108 valence electrons. The van der Waals surface area contributed by atoms with Crippen molar-refractivity contribution in [1.29, 1.82) is 0 Å². The molecule has 0 unspecified atom stereocenters. The molecular weight excluding hydrogens is 289 g/mol. The van der Waals surface area contributed by atoms with Crippen molar-refractivity contribution in [3.8, 4) is 11.8 Å². The molecule has 0 aromatic heterocycles. The highest BCUT2D eigenvalue weighted by atomic mass is 32.2. The van der Waals surface area contributed by atoms with Crippen molar-refractivity contribution in [3.63, 3.8) is 0 Å². The SMILES string of the molecule is COC(=O)NS(=O)(=O)Nc1ccc(F)cc1C#CCN. The third-order valence-electron chi connectivity index (χ3n) is 1.95. The molecule has 0 saturated heterocycles. The Hall–Kier alpha value is -2.31. The first-order chi connectivity index (χ1) is 9.38. The molecule has 9 heteroatoms. The van der Waals surface area contributed by atoms with E-state index in [9.17, 15) is 17.6 Å². The van der Waals surface area contributed by atoms with E-state index >= 15 is 0 Å². The summed E-state index contributed by atoms with van der Waals surface area (Å²) in [6.45, 7) is 0.0309. The minimum atomic E-state index is -4.20. The van der Waals surface area contributed by atoms with E-state index in [-0.39, 0.29) is 17.8 Å². The van der Waals surface area contributed by atoms with Gasteiger partial charge in [-0.05, 0) is 18.2 Å². The lowest BCUT2D eigenvalue weighted by molar-refractivity contribution is 0.177. The molecule has 0 atom stereocenters. The Morgan fingerprint density at radius 1 is 1.50 bits per heavy atom. The summed E-state index contributed by atoms with van der Waals surface area (Å²) in [4.78, 5) is 10.9. The van der Waals surface area contributed by atoms with Gasteiger partial charge in [0.1, 0.15) is 5.82 Å². The van der Waals surface area contributed by atoms with Crippen LogP contribution in [0.25, 0.3) is 0 Å². The van der Waals surface area contributed by atoms with Crippen LogP contribution in [0, 0.1) is 17.7 Å². The summed E-state index contributed by atoms with van der Waals surface area (Å²) < 4.78 is 44.1. The lowest BCUT2D eigenvalue weighted by Gasteiger charge is -2.10. The number of carbonyl (C=O) groups is 1. The summed E-state index contributed by atoms with van der Waals surface area (Å²) in [5.41, 5.74) is 5.29. The van der Waals surface area contributed by atoms with Crippen LogP contribution >= 0.6 is 0 Å². The standard InChI is InChI=1S/C11H12FN3O4S/c1-19-11(16)15-20(17,18)14-10-5-4-9(12)7-8(10)3-2-6-13/h4-5,7,14H,6,13H2,1H3,(H,15,16). The van der Waals surface area contributed by atoms with Gasteiger partial charge in [0.2, 0.25) is 0 Å². The summed E-state index contributed by atoms with van der Waals surface area (Å²) in [7, 11) is -3.19. The van der Waals surface area contributed by atoms with Gasteiger partial charge in [-0.1, -0.05) is 11.8 Å². The van der Waals surface area contributed by atoms with Crippen LogP contribution in [0.5, 0.6) is 0 Å². The number of hydrogen-bond donors (Lipinski definition) is 3. The first-order valence-corrected chi connectivity index (χ1v) is 6.73. The number of benzene rings is 1. The third kappa shape index (κ3) is 4.75. The van der Waals surface area contributed by atoms with E-state index in [0.29, 0.717) is 0 Å². The predicted octanol–water partition coefficient (Wildman–Crippen LogP) is 0.149. The Kier molecular flexibility index (Phi) is 5.31. The van der Waals surface area contributed by atoms with Gasteiger partial charge in [-0.3, -0.25) is 4.72 Å². The minimum absolute atomic E-state index is 0.00348. The zero-order valence-corrected chi connectivity index (χ0v) is 11.3. The zero-order valence-electron chi connectivity index (χ0n) is 10.4. The number of carbonyl (C=O) groups excluding carboxylic acids is 1. The van der Waals surface area contributed by atoms with Crippen molar-refractivity contribution in [2.75, 3.05) is 18.4 Å². The number of ether oxygens (including phenoxy) is 1. The number of nitrogens with two attached hydrogens (primary N) is 1. The Labute approximate surface area is 115 Å². The Morgan fingerprint density at radius 3 is 2.80 bits per heavy atom. The molecule has 0 aliphatic heterocycles. The molecule has 0 saturated carbocycles. The van der Waals surface area contributed by atoms with Crippen molar-refractivity contribution in [3.05, 3.63) is 29.6 Å². The number of methoxy groups -OCH3 is 1. The van der Waals surface area contributed by atoms with Gasteiger partial charge in [0, 0.05) is 0 Å². The molecule has 1 amide bonds. The quantitative estimate of drug-likeness (QED) is 0.688. The normalized spacial score (nSPS) is 10.2. The number of rotatable bonds is 3. The lowest BCUT2D eigenvalue weighted by atomic mass is 10.2. The molecule has 0 spiro atoms. The van der Waals surface area contributed by atoms with Crippen molar-refractivity contribution >= 4 is 22.0 Å². The van der Waals surface area contributed by atoms with Crippen LogP contribution in [0.3, 0.4) is 0 Å². The van der Waals surface area contributed by atoms with E-state index in [1.807, 2.05) is 4.72 Å². The molecule has 0 radical (unpaired) electrons. The van der Waals surface area contributed by atoms with Crippen LogP contribution in [-0.2, 0) is 14.9 Å². The van der Waals surface area contributed by atoms with Crippen LogP contribution in [0.2, 0.25) is 0 Å². The molecule has 0 aliphatic rings. The maximum Gasteiger partial charge on any atom is 0.422 e. The van der Waals surface area contributed by atoms with E-state index in [1.165, 1.54) is 6.07 Å². The highest BCUT2D eigenvalue weighted by Gasteiger charge is 2.16. The van der Waals surface area contributed by atoms with Crippen LogP contribution in [0.15, 0.2) is 18.2 Å². The molecule has 0 fully saturated rings. The maximum atomic E-state index is 13.1. The Bertz CT molecular complexity index is 664. The highest BCUT2D eigenvalue weighted by Crippen LogP contribution is 2.17. The minimum Gasteiger partial charge on any atom is -0.452 e. The van der Waals surface area contributed by atoms with Gasteiger partial charge in [0.05, 0.1) is 24.9 Å². The van der Waals surface area contributed by atoms with Gasteiger partial charge in [0.15, 0.2) is 0 Å². The number of nitrogens with one attached hydrogen (secondary N) is 2. The average Bonchev–Trinajstić information content (AvgIpc) is 2.38. The molecule has 1 aromatic carbocycles. The fraction of sp³-hybridized carbons (Fsp3) is 0.182. The number of amides is 1. The third-order valence-corrected chi connectivity index (χ3v) is 2.88. The van der Waals surface area contributed by atoms with Gasteiger partial charge in [-0.15, -0.1) is 0 Å². The van der Waals surface area contributed by atoms with E-state index < -0.39 is 22.1 Å². The monoisotopic (exact) mass is 301 g/mol. The average molecular weight is 301 g/mol. The molecule has 0 heterocycles. The predicted molar refractivity (Wildman–Crippen MR) is 70.4 cm³/mol. The van der Waals surface area contributed by atoms with Crippen molar-refractivity contribution < 1.29 is 22.3 Å². The Balaban J connectivity index is 3.05. The molecule has 7 nitrogen and oxygen atoms in total. The van der Waals surface area contributed by atoms with Crippen LogP contribution < -0.4 is 15.2 Å². The lowest BCUT2D eigenvalue weighted by Crippen LogP contribution is -2.35. The number of hydrogen-bond acceptors (Lipinski definition) is 5. The fourth-order valence-corrected chi connectivity index (χ4v) is 2.00. The molecule has 4 N–H and O–H groups in total. The fourth-order valence-electron chi connectivity index (χ4n) is 1.18. The summed E-state index contributed by atoms with van der Waals surface area (Å²) in [6.07, 6.45) is -1.16. The second-order valence-electron chi connectivity index (χ2n) is 3.39. The van der Waals surface area contributed by atoms with Gasteiger partial charge < -0.3 is 10.5 Å². The van der Waals surface area contributed by atoms with Crippen LogP contribution in [-0.4, -0.2) is 28.2 Å². The van der Waals surface area contributed by atoms with Gasteiger partial charge in [-0.2, -0.15) is 8.42 Å². The van der Waals surface area contributed by atoms with Crippen LogP contribution in [0.1, 0.15) is 5.56 Å². The van der Waals surface area contributed by atoms with E-state index in [1.54, 1.807) is 4.72 Å². The summed E-state index contributed by atoms with van der Waals surface area (Å²) in [5.74, 6) is 4.40. The largest absolute Gasteiger partial charge is 0.452 e. The number of halogens is 1. The van der Waals surface area contributed by atoms with Crippen molar-refractivity contribution in [1.82, 2.24) is 4.72 Å². The van der Waals surface area contributed by atoms with Crippen LogP contribution in [0.4, 0.5) is 14.9 Å². The summed E-state index contributed by atoms with van der Waals surface area (Å²) >= 11 is 0. The number of anilines is 1. The molecule has 20 heavy (non-hydrogen) atoms. The zero-order chi connectivity index (χ0) is 15.2. The van der Waals surface area contributed by atoms with Gasteiger partial charge in [-0.25, -0.2) is 13.9 Å². The van der Waals surface area contributed by atoms with Gasteiger partial charge >= 0.3 is 16.3 Å². The summed E-state index contributed by atoms with van der Waals surface area (Å²) in [5, 5.41) is 0. The molecule has 1 rings (SSSR count). The van der Waals surface area contributed by atoms with Crippen molar-refractivity contribution in [2.45, 2.75) is 0 Å². The first-order valence-electron chi connectivity index (χ1n) is 5.25. The van der Waals surface area contributed by atoms with Gasteiger partial charge in [0.25, 0.3) is 0 Å². The second kappa shape index (κ2) is 6.74. The smallest absolute Gasteiger partial charge is 0.422 e. The van der Waals surface area contributed by atoms with E-state index in [2.05, 4.69) is 16.6 Å². The molecule has 0 aliphatic carbocycles. The summed E-state index contributed by atoms with van der Waals surface area (Å²) in [6, 6.07) is 3.26. The van der Waals surface area contributed by atoms with E-state index in [4.69, 9.17) is 5.73 Å². The Morgan fingerprint density at radius 2 is 2.20 bits per heavy atom. The first kappa shape index (κ1) is 15.7.